The summed E-state index contributed by atoms with van der Waals surface area (Å²) < 4.78 is 5.51. The molecule has 4 rings (SSSR count). The standard InChI is InChI=1S/C23H27N3O2/c1-16(24-20-8-9-22-21(15-20)25-17(2)28-22)23(27)26-12-10-19(11-13-26)14-18-6-4-3-5-7-18/h3-9,15-16,19,24H,10-14H2,1-2H3/t16-/m1/s1. The summed E-state index contributed by atoms with van der Waals surface area (Å²) in [6, 6.07) is 16.1. The van der Waals surface area contributed by atoms with Crippen LogP contribution in [-0.4, -0.2) is 34.9 Å². The van der Waals surface area contributed by atoms with E-state index in [-0.39, 0.29) is 11.9 Å². The second kappa shape index (κ2) is 8.05. The Morgan fingerprint density at radius 1 is 1.21 bits per heavy atom. The number of amides is 1. The van der Waals surface area contributed by atoms with Crippen LogP contribution in [0.15, 0.2) is 52.9 Å². The van der Waals surface area contributed by atoms with Crippen molar-refractivity contribution in [3.63, 3.8) is 0 Å². The minimum atomic E-state index is -0.267. The zero-order chi connectivity index (χ0) is 19.5. The largest absolute Gasteiger partial charge is 0.441 e. The Bertz CT molecular complexity index is 943. The average molecular weight is 377 g/mol. The normalized spacial score (nSPS) is 16.3. The molecule has 1 amide bonds. The van der Waals surface area contributed by atoms with Crippen molar-refractivity contribution >= 4 is 22.7 Å². The molecule has 1 fully saturated rings. The summed E-state index contributed by atoms with van der Waals surface area (Å²) in [7, 11) is 0. The third-order valence-electron chi connectivity index (χ3n) is 5.54. The highest BCUT2D eigenvalue weighted by Crippen LogP contribution is 2.23. The SMILES string of the molecule is Cc1nc2cc(N[C@H](C)C(=O)N3CCC(Cc4ccccc4)CC3)ccc2o1. The first-order valence-corrected chi connectivity index (χ1v) is 10.0. The van der Waals surface area contributed by atoms with Crippen LogP contribution in [0.4, 0.5) is 5.69 Å². The molecule has 1 aliphatic heterocycles. The van der Waals surface area contributed by atoms with Crippen LogP contribution in [0.5, 0.6) is 0 Å². The van der Waals surface area contributed by atoms with Gasteiger partial charge < -0.3 is 14.6 Å². The molecule has 28 heavy (non-hydrogen) atoms. The number of nitrogens with zero attached hydrogens (tertiary/aromatic N) is 2. The van der Waals surface area contributed by atoms with Gasteiger partial charge in [-0.3, -0.25) is 4.79 Å². The number of aromatic nitrogens is 1. The number of hydrogen-bond donors (Lipinski definition) is 1. The monoisotopic (exact) mass is 377 g/mol. The Balaban J connectivity index is 1.31. The molecule has 0 radical (unpaired) electrons. The van der Waals surface area contributed by atoms with Crippen molar-refractivity contribution in [2.24, 2.45) is 5.92 Å². The van der Waals surface area contributed by atoms with Gasteiger partial charge in [0.15, 0.2) is 11.5 Å². The van der Waals surface area contributed by atoms with Gasteiger partial charge in [-0.1, -0.05) is 30.3 Å². The molecule has 1 aliphatic rings. The second-order valence-electron chi connectivity index (χ2n) is 7.74. The highest BCUT2D eigenvalue weighted by molar-refractivity contribution is 5.85. The van der Waals surface area contributed by atoms with E-state index in [1.165, 1.54) is 5.56 Å². The van der Waals surface area contributed by atoms with Gasteiger partial charge in [0.1, 0.15) is 11.6 Å². The van der Waals surface area contributed by atoms with Gasteiger partial charge in [0, 0.05) is 25.7 Å². The summed E-state index contributed by atoms with van der Waals surface area (Å²) in [6.45, 7) is 5.44. The fraction of sp³-hybridized carbons (Fsp3) is 0.391. The average Bonchev–Trinajstić information content (AvgIpc) is 3.08. The van der Waals surface area contributed by atoms with Crippen LogP contribution in [0.2, 0.25) is 0 Å². The highest BCUT2D eigenvalue weighted by atomic mass is 16.3. The van der Waals surface area contributed by atoms with Crippen LogP contribution in [0.25, 0.3) is 11.1 Å². The van der Waals surface area contributed by atoms with Crippen LogP contribution < -0.4 is 5.32 Å². The van der Waals surface area contributed by atoms with Gasteiger partial charge >= 0.3 is 0 Å². The van der Waals surface area contributed by atoms with E-state index in [4.69, 9.17) is 4.42 Å². The number of aryl methyl sites for hydroxylation is 1. The first-order valence-electron chi connectivity index (χ1n) is 10.0. The lowest BCUT2D eigenvalue weighted by Crippen LogP contribution is -2.45. The smallest absolute Gasteiger partial charge is 0.244 e. The molecule has 2 aromatic carbocycles. The van der Waals surface area contributed by atoms with E-state index >= 15 is 0 Å². The number of likely N-dealkylation sites (tertiary alicyclic amines) is 1. The minimum Gasteiger partial charge on any atom is -0.441 e. The van der Waals surface area contributed by atoms with Gasteiger partial charge in [-0.2, -0.15) is 0 Å². The first kappa shape index (κ1) is 18.5. The molecule has 0 saturated carbocycles. The summed E-state index contributed by atoms with van der Waals surface area (Å²) in [5.74, 6) is 1.47. The summed E-state index contributed by atoms with van der Waals surface area (Å²) in [5.41, 5.74) is 3.85. The summed E-state index contributed by atoms with van der Waals surface area (Å²) in [6.07, 6.45) is 3.24. The fourth-order valence-electron chi connectivity index (χ4n) is 4.02. The molecule has 146 valence electrons. The molecule has 1 aromatic heterocycles. The minimum absolute atomic E-state index is 0.162. The van der Waals surface area contributed by atoms with Crippen molar-refractivity contribution in [1.29, 1.82) is 0 Å². The Hall–Kier alpha value is -2.82. The van der Waals surface area contributed by atoms with Gasteiger partial charge in [0.2, 0.25) is 5.91 Å². The fourth-order valence-corrected chi connectivity index (χ4v) is 4.02. The summed E-state index contributed by atoms with van der Waals surface area (Å²) >= 11 is 0. The second-order valence-corrected chi connectivity index (χ2v) is 7.74. The lowest BCUT2D eigenvalue weighted by atomic mass is 9.90. The number of piperidine rings is 1. The van der Waals surface area contributed by atoms with E-state index in [0.29, 0.717) is 11.8 Å². The number of nitrogens with one attached hydrogen (secondary N) is 1. The third-order valence-corrected chi connectivity index (χ3v) is 5.54. The molecular weight excluding hydrogens is 350 g/mol. The molecule has 1 N–H and O–H groups in total. The van der Waals surface area contributed by atoms with Crippen molar-refractivity contribution in [3.05, 3.63) is 60.0 Å². The number of benzene rings is 2. The van der Waals surface area contributed by atoms with E-state index in [9.17, 15) is 4.79 Å². The summed E-state index contributed by atoms with van der Waals surface area (Å²) in [4.78, 5) is 19.2. The number of fused-ring (bicyclic) bond motifs is 1. The number of hydrogen-bond acceptors (Lipinski definition) is 4. The van der Waals surface area contributed by atoms with E-state index < -0.39 is 0 Å². The van der Waals surface area contributed by atoms with Crippen LogP contribution in [0.1, 0.15) is 31.2 Å². The zero-order valence-electron chi connectivity index (χ0n) is 16.5. The predicted octanol–water partition coefficient (Wildman–Crippen LogP) is 4.42. The van der Waals surface area contributed by atoms with E-state index in [1.807, 2.05) is 36.9 Å². The molecule has 3 aromatic rings. The Kier molecular flexibility index (Phi) is 5.33. The Labute approximate surface area is 165 Å². The third kappa shape index (κ3) is 4.19. The number of anilines is 1. The molecule has 5 nitrogen and oxygen atoms in total. The predicted molar refractivity (Wildman–Crippen MR) is 111 cm³/mol. The Morgan fingerprint density at radius 3 is 2.71 bits per heavy atom. The van der Waals surface area contributed by atoms with Gasteiger partial charge in [0.25, 0.3) is 0 Å². The number of oxazole rings is 1. The zero-order valence-corrected chi connectivity index (χ0v) is 16.5. The van der Waals surface area contributed by atoms with Crippen LogP contribution in [-0.2, 0) is 11.2 Å². The lowest BCUT2D eigenvalue weighted by Gasteiger charge is -2.34. The van der Waals surface area contributed by atoms with Crippen molar-refractivity contribution in [1.82, 2.24) is 9.88 Å². The highest BCUT2D eigenvalue weighted by Gasteiger charge is 2.26. The maximum absolute atomic E-state index is 12.9. The molecule has 0 unspecified atom stereocenters. The van der Waals surface area contributed by atoms with Crippen molar-refractivity contribution in [2.75, 3.05) is 18.4 Å². The van der Waals surface area contributed by atoms with E-state index in [0.717, 1.165) is 49.1 Å². The van der Waals surface area contributed by atoms with Gasteiger partial charge in [-0.25, -0.2) is 4.98 Å². The molecule has 5 heteroatoms. The molecule has 1 atom stereocenters. The maximum atomic E-state index is 12.9. The first-order chi connectivity index (χ1) is 13.6. The molecular formula is C23H27N3O2. The quantitative estimate of drug-likeness (QED) is 0.715. The van der Waals surface area contributed by atoms with Crippen LogP contribution in [0.3, 0.4) is 0 Å². The molecule has 0 spiro atoms. The lowest BCUT2D eigenvalue weighted by molar-refractivity contribution is -0.133. The Morgan fingerprint density at radius 2 is 1.96 bits per heavy atom. The number of carbonyl (C=O) groups excluding carboxylic acids is 1. The van der Waals surface area contributed by atoms with Crippen LogP contribution >= 0.6 is 0 Å². The van der Waals surface area contributed by atoms with Gasteiger partial charge in [-0.05, 0) is 55.9 Å². The molecule has 1 saturated heterocycles. The van der Waals surface area contributed by atoms with Crippen molar-refractivity contribution in [2.45, 2.75) is 39.2 Å². The van der Waals surface area contributed by atoms with E-state index in [1.54, 1.807) is 0 Å². The van der Waals surface area contributed by atoms with Gasteiger partial charge in [-0.15, -0.1) is 0 Å². The van der Waals surface area contributed by atoms with Crippen LogP contribution in [0, 0.1) is 12.8 Å². The molecule has 2 heterocycles. The van der Waals surface area contributed by atoms with Gasteiger partial charge in [0.05, 0.1) is 0 Å². The number of carbonyl (C=O) groups is 1. The maximum Gasteiger partial charge on any atom is 0.244 e. The number of rotatable bonds is 5. The van der Waals surface area contributed by atoms with Crippen molar-refractivity contribution < 1.29 is 9.21 Å². The molecule has 0 aliphatic carbocycles. The van der Waals surface area contributed by atoms with E-state index in [2.05, 4.69) is 40.6 Å². The topological polar surface area (TPSA) is 58.4 Å². The molecule has 0 bridgehead atoms. The summed E-state index contributed by atoms with van der Waals surface area (Å²) in [5, 5.41) is 3.32. The van der Waals surface area contributed by atoms with Crippen molar-refractivity contribution in [3.8, 4) is 0 Å².